The van der Waals surface area contributed by atoms with E-state index < -0.39 is 0 Å². The zero-order valence-corrected chi connectivity index (χ0v) is 18.1. The number of nitrogen functional groups attached to an aromatic ring is 1. The summed E-state index contributed by atoms with van der Waals surface area (Å²) in [5.74, 6) is 3.72. The molecule has 4 bridgehead atoms. The summed E-state index contributed by atoms with van der Waals surface area (Å²) in [5, 5.41) is 7.37. The number of imidazole rings is 1. The van der Waals surface area contributed by atoms with Gasteiger partial charge in [-0.1, -0.05) is 0 Å². The van der Waals surface area contributed by atoms with Gasteiger partial charge in [-0.25, -0.2) is 9.97 Å². The van der Waals surface area contributed by atoms with Crippen LogP contribution >= 0.6 is 0 Å². The van der Waals surface area contributed by atoms with Crippen molar-refractivity contribution in [3.63, 3.8) is 0 Å². The zero-order chi connectivity index (χ0) is 21.2. The van der Waals surface area contributed by atoms with Crippen LogP contribution in [0.4, 0.5) is 11.9 Å². The first-order valence-corrected chi connectivity index (χ1v) is 11.6. The molecule has 4 aliphatic rings. The van der Waals surface area contributed by atoms with Gasteiger partial charge in [0.1, 0.15) is 0 Å². The lowest BCUT2D eigenvalue weighted by Gasteiger charge is -2.57. The number of rotatable bonds is 6. The molecule has 6 N–H and O–H groups in total. The topological polar surface area (TPSA) is 125 Å². The number of nitrogens with one attached hydrogen (secondary N) is 4. The summed E-state index contributed by atoms with van der Waals surface area (Å²) < 4.78 is 0. The van der Waals surface area contributed by atoms with Crippen molar-refractivity contribution in [2.75, 3.05) is 31.2 Å². The van der Waals surface area contributed by atoms with E-state index in [1.807, 2.05) is 13.1 Å². The molecule has 4 fully saturated rings. The number of fused-ring (bicyclic) bond motifs is 2. The van der Waals surface area contributed by atoms with Gasteiger partial charge < -0.3 is 21.4 Å². The predicted molar refractivity (Wildman–Crippen MR) is 123 cm³/mol. The lowest BCUT2D eigenvalue weighted by atomic mass is 9.49. The summed E-state index contributed by atoms with van der Waals surface area (Å²) in [5.41, 5.74) is 9.48. The van der Waals surface area contributed by atoms with E-state index in [9.17, 15) is 4.79 Å². The second-order valence-corrected chi connectivity index (χ2v) is 10.3. The number of aromatic amines is 2. The average Bonchev–Trinajstić information content (AvgIpc) is 3.13. The minimum Gasteiger partial charge on any atom is -0.369 e. The Hall–Kier alpha value is -2.61. The number of aromatic nitrogens is 4. The summed E-state index contributed by atoms with van der Waals surface area (Å²) in [6, 6.07) is 1.82. The van der Waals surface area contributed by atoms with Crippen LogP contribution in [0.5, 0.6) is 0 Å². The molecule has 0 unspecified atom stereocenters. The monoisotopic (exact) mass is 421 g/mol. The van der Waals surface area contributed by atoms with Crippen molar-refractivity contribution >= 4 is 33.8 Å². The molecule has 0 amide bonds. The molecule has 4 aliphatic carbocycles. The first-order valence-electron chi connectivity index (χ1n) is 11.6. The largest absolute Gasteiger partial charge is 0.369 e. The van der Waals surface area contributed by atoms with Crippen molar-refractivity contribution in [3.05, 3.63) is 22.0 Å². The van der Waals surface area contributed by atoms with Gasteiger partial charge in [0.25, 0.3) is 5.56 Å². The molecular formula is C23H31N7O. The third kappa shape index (κ3) is 3.19. The molecular weight excluding hydrogens is 390 g/mol. The van der Waals surface area contributed by atoms with Crippen LogP contribution in [0.2, 0.25) is 0 Å². The molecule has 2 heterocycles. The first-order chi connectivity index (χ1) is 15.0. The average molecular weight is 422 g/mol. The molecule has 31 heavy (non-hydrogen) atoms. The molecule has 164 valence electrons. The molecule has 0 saturated heterocycles. The van der Waals surface area contributed by atoms with Gasteiger partial charge in [0.05, 0.1) is 21.9 Å². The Balaban J connectivity index is 1.26. The maximum Gasteiger partial charge on any atom is 0.260 e. The summed E-state index contributed by atoms with van der Waals surface area (Å²) in [7, 11) is 1.83. The fraction of sp³-hybridized carbons (Fsp3) is 0.609. The Labute approximate surface area is 180 Å². The lowest BCUT2D eigenvalue weighted by molar-refractivity contribution is -0.0511. The van der Waals surface area contributed by atoms with Crippen LogP contribution in [-0.2, 0) is 6.42 Å². The van der Waals surface area contributed by atoms with E-state index in [4.69, 9.17) is 5.73 Å². The molecule has 0 radical (unpaired) electrons. The first kappa shape index (κ1) is 19.1. The fourth-order valence-corrected chi connectivity index (χ4v) is 7.27. The summed E-state index contributed by atoms with van der Waals surface area (Å²) in [6.45, 7) is 1.94. The highest BCUT2D eigenvalue weighted by Gasteiger charge is 2.50. The summed E-state index contributed by atoms with van der Waals surface area (Å²) in [6.07, 6.45) is 9.39. The van der Waals surface area contributed by atoms with Gasteiger partial charge in [0, 0.05) is 19.2 Å². The molecule has 3 aromatic rings. The number of benzene rings is 1. The van der Waals surface area contributed by atoms with E-state index >= 15 is 0 Å². The van der Waals surface area contributed by atoms with Gasteiger partial charge in [0.2, 0.25) is 11.9 Å². The Morgan fingerprint density at radius 3 is 2.48 bits per heavy atom. The third-order valence-corrected chi connectivity index (χ3v) is 8.02. The van der Waals surface area contributed by atoms with Crippen LogP contribution in [0, 0.1) is 23.2 Å². The summed E-state index contributed by atoms with van der Waals surface area (Å²) in [4.78, 5) is 27.5. The zero-order valence-electron chi connectivity index (χ0n) is 18.1. The van der Waals surface area contributed by atoms with Crippen molar-refractivity contribution < 1.29 is 0 Å². The number of hydrogen-bond donors (Lipinski definition) is 5. The third-order valence-electron chi connectivity index (χ3n) is 8.02. The molecule has 0 atom stereocenters. The SMILES string of the molecule is CNc1nc2c(CCNCC34CC5CC(CC(C5)C3)C4)c3nc(N)[nH]c(=O)c3cc2[nH]1. The minimum atomic E-state index is -0.215. The lowest BCUT2D eigenvalue weighted by Crippen LogP contribution is -2.50. The van der Waals surface area contributed by atoms with E-state index in [1.54, 1.807) is 0 Å². The van der Waals surface area contributed by atoms with Gasteiger partial charge in [0.15, 0.2) is 0 Å². The number of anilines is 2. The number of hydrogen-bond acceptors (Lipinski definition) is 6. The summed E-state index contributed by atoms with van der Waals surface area (Å²) >= 11 is 0. The second-order valence-electron chi connectivity index (χ2n) is 10.3. The van der Waals surface area contributed by atoms with E-state index in [0.717, 1.165) is 53.9 Å². The molecule has 8 nitrogen and oxygen atoms in total. The van der Waals surface area contributed by atoms with Gasteiger partial charge in [-0.2, -0.15) is 0 Å². The Bertz CT molecular complexity index is 1170. The fourth-order valence-electron chi connectivity index (χ4n) is 7.27. The highest BCUT2D eigenvalue weighted by molar-refractivity contribution is 5.98. The van der Waals surface area contributed by atoms with E-state index in [1.165, 1.54) is 38.5 Å². The number of H-pyrrole nitrogens is 2. The molecule has 8 heteroatoms. The highest BCUT2D eigenvalue weighted by Crippen LogP contribution is 2.59. The van der Waals surface area contributed by atoms with Crippen molar-refractivity contribution in [1.29, 1.82) is 0 Å². The Kier molecular flexibility index (Phi) is 4.28. The molecule has 2 aromatic heterocycles. The smallest absolute Gasteiger partial charge is 0.260 e. The quantitative estimate of drug-likeness (QED) is 0.390. The van der Waals surface area contributed by atoms with Crippen LogP contribution in [0.1, 0.15) is 44.1 Å². The van der Waals surface area contributed by atoms with Crippen LogP contribution < -0.4 is 21.9 Å². The van der Waals surface area contributed by atoms with E-state index in [0.29, 0.717) is 22.3 Å². The Morgan fingerprint density at radius 1 is 1.10 bits per heavy atom. The predicted octanol–water partition coefficient (Wildman–Crippen LogP) is 2.77. The van der Waals surface area contributed by atoms with Crippen molar-refractivity contribution in [2.45, 2.75) is 44.9 Å². The normalized spacial score (nSPS) is 29.3. The molecule has 7 rings (SSSR count). The molecule has 4 saturated carbocycles. The standard InChI is InChI=1S/C23H31N7O/c1-25-22-27-17-7-16-18(28-21(24)30-20(16)31)15(19(17)29-22)2-3-26-11-23-8-12-4-13(9-23)6-14(5-12)10-23/h7,12-14,26H,2-6,8-11H2,1H3,(H2,25,27,29)(H3,24,28,30,31). The maximum absolute atomic E-state index is 12.5. The van der Waals surface area contributed by atoms with Gasteiger partial charge in [-0.05, 0) is 80.7 Å². The number of nitrogens with zero attached hydrogens (tertiary/aromatic N) is 2. The van der Waals surface area contributed by atoms with Gasteiger partial charge >= 0.3 is 0 Å². The minimum absolute atomic E-state index is 0.143. The molecule has 0 spiro atoms. The second kappa shape index (κ2) is 6.95. The highest BCUT2D eigenvalue weighted by atomic mass is 16.1. The van der Waals surface area contributed by atoms with Crippen LogP contribution in [0.25, 0.3) is 21.9 Å². The molecule has 0 aliphatic heterocycles. The van der Waals surface area contributed by atoms with E-state index in [-0.39, 0.29) is 11.5 Å². The van der Waals surface area contributed by atoms with E-state index in [2.05, 4.69) is 30.6 Å². The van der Waals surface area contributed by atoms with Crippen molar-refractivity contribution in [2.24, 2.45) is 23.2 Å². The van der Waals surface area contributed by atoms with Gasteiger partial charge in [-0.15, -0.1) is 0 Å². The van der Waals surface area contributed by atoms with Crippen LogP contribution in [0.3, 0.4) is 0 Å². The Morgan fingerprint density at radius 2 is 1.81 bits per heavy atom. The molecule has 1 aromatic carbocycles. The van der Waals surface area contributed by atoms with Crippen LogP contribution in [-0.4, -0.2) is 40.1 Å². The number of nitrogens with two attached hydrogens (primary N) is 1. The van der Waals surface area contributed by atoms with Crippen LogP contribution in [0.15, 0.2) is 10.9 Å². The maximum atomic E-state index is 12.5. The van der Waals surface area contributed by atoms with Gasteiger partial charge in [-0.3, -0.25) is 9.78 Å². The van der Waals surface area contributed by atoms with Crippen molar-refractivity contribution in [1.82, 2.24) is 25.3 Å². The van der Waals surface area contributed by atoms with Crippen molar-refractivity contribution in [3.8, 4) is 0 Å².